The van der Waals surface area contributed by atoms with Crippen LogP contribution in [0.3, 0.4) is 0 Å². The van der Waals surface area contributed by atoms with Gasteiger partial charge in [0.1, 0.15) is 12.6 Å². The Bertz CT molecular complexity index is 2320. The molecule has 0 saturated heterocycles. The molecule has 0 N–H and O–H groups in total. The van der Waals surface area contributed by atoms with Gasteiger partial charge in [0.25, 0.3) is 5.56 Å². The van der Waals surface area contributed by atoms with Gasteiger partial charge in [-0.15, -0.1) is 11.3 Å². The Hall–Kier alpha value is -5.25. The average Bonchev–Trinajstić information content (AvgIpc) is 3.76. The molecule has 7 nitrogen and oxygen atoms in total. The lowest BCUT2D eigenvalue weighted by molar-refractivity contribution is -0.138. The van der Waals surface area contributed by atoms with Crippen molar-refractivity contribution >= 4 is 51.2 Å². The van der Waals surface area contributed by atoms with Gasteiger partial charge in [-0.3, -0.25) is 9.36 Å². The molecule has 1 unspecified atom stereocenters. The SMILES string of the molecule is CCOC(=O)C1=C(c2ccccc2)N=c2s/c(=C/c3ccc(OCc4cccc5ccccc45)c(OCC)c3)c(=O)n2C1c1cccs1. The van der Waals surface area contributed by atoms with E-state index in [2.05, 4.69) is 24.3 Å². The molecule has 6 aromatic rings. The molecule has 0 saturated carbocycles. The second kappa shape index (κ2) is 13.9. The smallest absolute Gasteiger partial charge is 0.338 e. The molecule has 0 spiro atoms. The quantitative estimate of drug-likeness (QED) is 0.145. The minimum Gasteiger partial charge on any atom is -0.490 e. The van der Waals surface area contributed by atoms with Gasteiger partial charge in [-0.2, -0.15) is 0 Å². The van der Waals surface area contributed by atoms with Crippen molar-refractivity contribution in [3.8, 4) is 11.5 Å². The van der Waals surface area contributed by atoms with Crippen LogP contribution in [0.25, 0.3) is 22.5 Å². The molecule has 1 aliphatic rings. The highest BCUT2D eigenvalue weighted by Gasteiger charge is 2.35. The molecule has 0 radical (unpaired) electrons. The number of aromatic nitrogens is 1. The highest BCUT2D eigenvalue weighted by atomic mass is 32.1. The minimum absolute atomic E-state index is 0.204. The Morgan fingerprint density at radius 2 is 1.69 bits per heavy atom. The van der Waals surface area contributed by atoms with Crippen LogP contribution in [0.1, 0.15) is 41.5 Å². The lowest BCUT2D eigenvalue weighted by Crippen LogP contribution is -2.39. The molecule has 0 bridgehead atoms. The number of thiazole rings is 1. The van der Waals surface area contributed by atoms with Crippen molar-refractivity contribution in [2.45, 2.75) is 26.5 Å². The fourth-order valence-electron chi connectivity index (χ4n) is 5.88. The minimum atomic E-state index is -0.679. The van der Waals surface area contributed by atoms with Gasteiger partial charge in [0.05, 0.1) is 29.0 Å². The molecule has 240 valence electrons. The van der Waals surface area contributed by atoms with Crippen LogP contribution in [0.2, 0.25) is 0 Å². The highest BCUT2D eigenvalue weighted by molar-refractivity contribution is 7.10. The molecule has 2 aromatic heterocycles. The van der Waals surface area contributed by atoms with Crippen LogP contribution in [-0.2, 0) is 16.1 Å². The molecule has 1 atom stereocenters. The van der Waals surface area contributed by atoms with Gasteiger partial charge >= 0.3 is 5.97 Å². The Morgan fingerprint density at radius 1 is 0.875 bits per heavy atom. The molecular weight excluding hydrogens is 641 g/mol. The fraction of sp³-hybridized carbons (Fsp3) is 0.154. The first-order valence-corrected chi connectivity index (χ1v) is 17.4. The van der Waals surface area contributed by atoms with Gasteiger partial charge in [0.15, 0.2) is 16.3 Å². The third kappa shape index (κ3) is 6.10. The maximum atomic E-state index is 14.2. The third-order valence-corrected chi connectivity index (χ3v) is 9.92. The Kier molecular flexibility index (Phi) is 9.05. The molecule has 4 aromatic carbocycles. The third-order valence-electron chi connectivity index (χ3n) is 8.01. The van der Waals surface area contributed by atoms with E-state index in [9.17, 15) is 9.59 Å². The second-order valence-electron chi connectivity index (χ2n) is 11.0. The van der Waals surface area contributed by atoms with E-state index in [4.69, 9.17) is 19.2 Å². The second-order valence-corrected chi connectivity index (χ2v) is 13.0. The highest BCUT2D eigenvalue weighted by Crippen LogP contribution is 2.37. The van der Waals surface area contributed by atoms with E-state index in [0.29, 0.717) is 45.3 Å². The first-order chi connectivity index (χ1) is 23.6. The number of esters is 1. The molecule has 7 rings (SSSR count). The van der Waals surface area contributed by atoms with E-state index >= 15 is 0 Å². The fourth-order valence-corrected chi connectivity index (χ4v) is 7.71. The maximum Gasteiger partial charge on any atom is 0.338 e. The number of carbonyl (C=O) groups excluding carboxylic acids is 1. The lowest BCUT2D eigenvalue weighted by Gasteiger charge is -2.24. The largest absolute Gasteiger partial charge is 0.490 e. The number of nitrogens with zero attached hydrogens (tertiary/aromatic N) is 2. The summed E-state index contributed by atoms with van der Waals surface area (Å²) in [5.41, 5.74) is 3.25. The van der Waals surface area contributed by atoms with Crippen molar-refractivity contribution < 1.29 is 19.0 Å². The van der Waals surface area contributed by atoms with Gasteiger partial charge in [-0.05, 0) is 65.4 Å². The van der Waals surface area contributed by atoms with E-state index in [1.54, 1.807) is 11.5 Å². The van der Waals surface area contributed by atoms with Crippen LogP contribution < -0.4 is 24.4 Å². The van der Waals surface area contributed by atoms with E-state index in [1.165, 1.54) is 22.7 Å². The van der Waals surface area contributed by atoms with Crippen LogP contribution in [0.15, 0.2) is 124 Å². The summed E-state index contributed by atoms with van der Waals surface area (Å²) >= 11 is 2.77. The molecule has 1 aliphatic heterocycles. The summed E-state index contributed by atoms with van der Waals surface area (Å²) in [6.07, 6.45) is 1.84. The van der Waals surface area contributed by atoms with E-state index in [1.807, 2.05) is 97.2 Å². The van der Waals surface area contributed by atoms with Gasteiger partial charge < -0.3 is 14.2 Å². The topological polar surface area (TPSA) is 79.1 Å². The van der Waals surface area contributed by atoms with Crippen molar-refractivity contribution in [3.63, 3.8) is 0 Å². The summed E-state index contributed by atoms with van der Waals surface area (Å²) in [6.45, 7) is 4.74. The standard InChI is InChI=1S/C39H32N2O5S2/c1-3-44-31-22-25(19-20-30(31)46-24-28-16-10-15-26-12-8-9-17-29(26)28)23-33-37(42)41-36(32-18-11-21-47-32)34(38(43)45-4-2)35(40-39(41)48-33)27-13-6-5-7-14-27/h5-23,36H,3-4,24H2,1-2H3/b33-23+. The zero-order valence-electron chi connectivity index (χ0n) is 26.4. The number of fused-ring (bicyclic) bond motifs is 2. The molecule has 3 heterocycles. The molecule has 0 aliphatic carbocycles. The number of carbonyl (C=O) groups is 1. The van der Waals surface area contributed by atoms with E-state index in [0.717, 1.165) is 32.3 Å². The number of hydrogen-bond acceptors (Lipinski definition) is 8. The van der Waals surface area contributed by atoms with Gasteiger partial charge in [0, 0.05) is 10.4 Å². The average molecular weight is 673 g/mol. The Balaban J connectivity index is 1.30. The first kappa shape index (κ1) is 31.4. The number of ether oxygens (including phenoxy) is 3. The predicted molar refractivity (Wildman–Crippen MR) is 191 cm³/mol. The maximum absolute atomic E-state index is 14.2. The lowest BCUT2D eigenvalue weighted by atomic mass is 9.97. The van der Waals surface area contributed by atoms with Crippen LogP contribution in [0.4, 0.5) is 0 Å². The van der Waals surface area contributed by atoms with Crippen molar-refractivity contribution in [2.24, 2.45) is 4.99 Å². The van der Waals surface area contributed by atoms with Crippen LogP contribution >= 0.6 is 22.7 Å². The van der Waals surface area contributed by atoms with Crippen LogP contribution in [0, 0.1) is 0 Å². The van der Waals surface area contributed by atoms with Gasteiger partial charge in [-0.1, -0.05) is 96.3 Å². The van der Waals surface area contributed by atoms with E-state index in [-0.39, 0.29) is 12.2 Å². The summed E-state index contributed by atoms with van der Waals surface area (Å²) in [7, 11) is 0. The number of hydrogen-bond donors (Lipinski definition) is 0. The monoisotopic (exact) mass is 672 g/mol. The summed E-state index contributed by atoms with van der Waals surface area (Å²) in [4.78, 5) is 34.0. The van der Waals surface area contributed by atoms with Gasteiger partial charge in [0.2, 0.25) is 0 Å². The summed E-state index contributed by atoms with van der Waals surface area (Å²) in [5, 5.41) is 4.24. The first-order valence-electron chi connectivity index (χ1n) is 15.7. The molecule has 0 fully saturated rings. The molecule has 0 amide bonds. The summed E-state index contributed by atoms with van der Waals surface area (Å²) in [5.74, 6) is 0.715. The van der Waals surface area contributed by atoms with Crippen LogP contribution in [-0.4, -0.2) is 23.8 Å². The van der Waals surface area contributed by atoms with Crippen LogP contribution in [0.5, 0.6) is 11.5 Å². The van der Waals surface area contributed by atoms with Crippen molar-refractivity contribution in [3.05, 3.63) is 155 Å². The molecule has 9 heteroatoms. The summed E-state index contributed by atoms with van der Waals surface area (Å²) in [6, 6.07) is 32.8. The number of benzene rings is 4. The number of thiophene rings is 1. The number of rotatable bonds is 10. The van der Waals surface area contributed by atoms with Crippen molar-refractivity contribution in [2.75, 3.05) is 13.2 Å². The van der Waals surface area contributed by atoms with Crippen molar-refractivity contribution in [1.82, 2.24) is 4.57 Å². The normalized spacial score (nSPS) is 14.5. The van der Waals surface area contributed by atoms with E-state index < -0.39 is 12.0 Å². The van der Waals surface area contributed by atoms with Gasteiger partial charge in [-0.25, -0.2) is 9.79 Å². The Morgan fingerprint density at radius 3 is 2.48 bits per heavy atom. The predicted octanol–water partition coefficient (Wildman–Crippen LogP) is 7.13. The summed E-state index contributed by atoms with van der Waals surface area (Å²) < 4.78 is 19.9. The molecule has 48 heavy (non-hydrogen) atoms. The van der Waals surface area contributed by atoms with Crippen molar-refractivity contribution in [1.29, 1.82) is 0 Å². The molecular formula is C39H32N2O5S2. The zero-order valence-corrected chi connectivity index (χ0v) is 28.1. The Labute approximate surface area is 285 Å². The zero-order chi connectivity index (χ0) is 33.0.